The first-order valence-corrected chi connectivity index (χ1v) is 6.12. The van der Waals surface area contributed by atoms with E-state index in [0.29, 0.717) is 21.7 Å². The van der Waals surface area contributed by atoms with E-state index in [1.165, 1.54) is 0 Å². The SMILES string of the molecule is COc1ccc(Cl)c2c(=O)cc(C(C)(C)C)[nH]c12. The van der Waals surface area contributed by atoms with Crippen LogP contribution >= 0.6 is 11.6 Å². The molecule has 1 N–H and O–H groups in total. The summed E-state index contributed by atoms with van der Waals surface area (Å²) in [6.45, 7) is 6.13. The van der Waals surface area contributed by atoms with Gasteiger partial charge in [-0.3, -0.25) is 4.79 Å². The molecule has 1 aromatic carbocycles. The summed E-state index contributed by atoms with van der Waals surface area (Å²) in [7, 11) is 1.57. The molecular formula is C14H16ClNO2. The lowest BCUT2D eigenvalue weighted by Gasteiger charge is -2.19. The molecule has 96 valence electrons. The van der Waals surface area contributed by atoms with Gasteiger partial charge < -0.3 is 9.72 Å². The Morgan fingerprint density at radius 2 is 1.94 bits per heavy atom. The van der Waals surface area contributed by atoms with Crippen LogP contribution in [0.15, 0.2) is 23.0 Å². The highest BCUT2D eigenvalue weighted by atomic mass is 35.5. The third-order valence-corrected chi connectivity index (χ3v) is 3.24. The van der Waals surface area contributed by atoms with Crippen LogP contribution in [0.25, 0.3) is 10.9 Å². The summed E-state index contributed by atoms with van der Waals surface area (Å²) in [4.78, 5) is 15.4. The average Bonchev–Trinajstić information content (AvgIpc) is 2.27. The number of fused-ring (bicyclic) bond motifs is 1. The van der Waals surface area contributed by atoms with Gasteiger partial charge in [-0.2, -0.15) is 0 Å². The maximum absolute atomic E-state index is 12.2. The Labute approximate surface area is 111 Å². The highest BCUT2D eigenvalue weighted by Gasteiger charge is 2.18. The Morgan fingerprint density at radius 1 is 1.28 bits per heavy atom. The van der Waals surface area contributed by atoms with Crippen molar-refractivity contribution in [3.63, 3.8) is 0 Å². The van der Waals surface area contributed by atoms with E-state index in [-0.39, 0.29) is 10.8 Å². The second kappa shape index (κ2) is 4.32. The van der Waals surface area contributed by atoms with Gasteiger partial charge in [0.1, 0.15) is 5.75 Å². The summed E-state index contributed by atoms with van der Waals surface area (Å²) in [6.07, 6.45) is 0. The van der Waals surface area contributed by atoms with Crippen molar-refractivity contribution in [1.82, 2.24) is 4.98 Å². The predicted molar refractivity (Wildman–Crippen MR) is 74.8 cm³/mol. The van der Waals surface area contributed by atoms with E-state index in [4.69, 9.17) is 16.3 Å². The number of nitrogens with one attached hydrogen (secondary N) is 1. The third-order valence-electron chi connectivity index (χ3n) is 2.93. The standard InChI is InChI=1S/C14H16ClNO2/c1-14(2,3)11-7-9(17)12-8(15)5-6-10(18-4)13(12)16-11/h5-7H,1-4H3,(H,16,17). The Hall–Kier alpha value is -1.48. The number of pyridine rings is 1. The van der Waals surface area contributed by atoms with Crippen LogP contribution in [0.5, 0.6) is 5.75 Å². The molecule has 0 amide bonds. The molecule has 0 saturated heterocycles. The smallest absolute Gasteiger partial charge is 0.191 e. The van der Waals surface area contributed by atoms with E-state index in [2.05, 4.69) is 4.98 Å². The molecule has 0 aliphatic heterocycles. The minimum absolute atomic E-state index is 0.0856. The molecule has 0 saturated carbocycles. The summed E-state index contributed by atoms with van der Waals surface area (Å²) in [5.74, 6) is 0.623. The molecule has 0 unspecified atom stereocenters. The molecule has 0 atom stereocenters. The van der Waals surface area contributed by atoms with Crippen LogP contribution in [0.3, 0.4) is 0 Å². The van der Waals surface area contributed by atoms with Crippen LogP contribution in [0.1, 0.15) is 26.5 Å². The van der Waals surface area contributed by atoms with E-state index in [1.54, 1.807) is 25.3 Å². The molecule has 3 nitrogen and oxygen atoms in total. The number of H-pyrrole nitrogens is 1. The van der Waals surface area contributed by atoms with Gasteiger partial charge in [-0.05, 0) is 12.1 Å². The van der Waals surface area contributed by atoms with Crippen LogP contribution in [0, 0.1) is 0 Å². The van der Waals surface area contributed by atoms with Crippen LogP contribution in [-0.2, 0) is 5.41 Å². The van der Waals surface area contributed by atoms with E-state index < -0.39 is 0 Å². The highest BCUT2D eigenvalue weighted by molar-refractivity contribution is 6.35. The number of aromatic nitrogens is 1. The third kappa shape index (κ3) is 2.10. The predicted octanol–water partition coefficient (Wildman–Crippen LogP) is 3.49. The Balaban J connectivity index is 2.91. The first-order valence-electron chi connectivity index (χ1n) is 5.74. The number of ether oxygens (including phenoxy) is 1. The number of aromatic amines is 1. The largest absolute Gasteiger partial charge is 0.495 e. The lowest BCUT2D eigenvalue weighted by molar-refractivity contribution is 0.418. The van der Waals surface area contributed by atoms with Crippen molar-refractivity contribution in [1.29, 1.82) is 0 Å². The number of rotatable bonds is 1. The molecule has 0 bridgehead atoms. The second-order valence-corrected chi connectivity index (χ2v) is 5.70. The molecule has 2 aromatic rings. The fraction of sp³-hybridized carbons (Fsp3) is 0.357. The van der Waals surface area contributed by atoms with Crippen molar-refractivity contribution in [2.75, 3.05) is 7.11 Å². The van der Waals surface area contributed by atoms with Crippen molar-refractivity contribution in [3.05, 3.63) is 39.1 Å². The quantitative estimate of drug-likeness (QED) is 0.858. The zero-order valence-electron chi connectivity index (χ0n) is 10.9. The first kappa shape index (κ1) is 13.0. The Kier molecular flexibility index (Phi) is 3.11. The fourth-order valence-corrected chi connectivity index (χ4v) is 2.12. The van der Waals surface area contributed by atoms with Gasteiger partial charge in [-0.25, -0.2) is 0 Å². The molecule has 1 heterocycles. The van der Waals surface area contributed by atoms with Crippen molar-refractivity contribution in [2.45, 2.75) is 26.2 Å². The summed E-state index contributed by atoms with van der Waals surface area (Å²) < 4.78 is 5.28. The molecule has 0 aliphatic carbocycles. The molecule has 0 fully saturated rings. The Bertz CT molecular complexity index is 653. The van der Waals surface area contributed by atoms with E-state index in [0.717, 1.165) is 5.69 Å². The second-order valence-electron chi connectivity index (χ2n) is 5.30. The maximum atomic E-state index is 12.2. The number of methoxy groups -OCH3 is 1. The molecule has 4 heteroatoms. The molecule has 0 radical (unpaired) electrons. The van der Waals surface area contributed by atoms with Gasteiger partial charge in [0, 0.05) is 17.2 Å². The lowest BCUT2D eigenvalue weighted by atomic mass is 9.91. The van der Waals surface area contributed by atoms with Gasteiger partial charge in [0.2, 0.25) is 0 Å². The van der Waals surface area contributed by atoms with Crippen LogP contribution in [0.2, 0.25) is 5.02 Å². The highest BCUT2D eigenvalue weighted by Crippen LogP contribution is 2.30. The van der Waals surface area contributed by atoms with Gasteiger partial charge in [0.05, 0.1) is 23.0 Å². The summed E-state index contributed by atoms with van der Waals surface area (Å²) in [5.41, 5.74) is 1.29. The van der Waals surface area contributed by atoms with Gasteiger partial charge in [0.15, 0.2) is 5.43 Å². The lowest BCUT2D eigenvalue weighted by Crippen LogP contribution is -2.18. The topological polar surface area (TPSA) is 42.1 Å². The van der Waals surface area contributed by atoms with Gasteiger partial charge in [-0.15, -0.1) is 0 Å². The monoisotopic (exact) mass is 265 g/mol. The molecular weight excluding hydrogens is 250 g/mol. The zero-order chi connectivity index (χ0) is 13.5. The van der Waals surface area contributed by atoms with E-state index >= 15 is 0 Å². The zero-order valence-corrected chi connectivity index (χ0v) is 11.7. The summed E-state index contributed by atoms with van der Waals surface area (Å²) in [5, 5.41) is 0.913. The van der Waals surface area contributed by atoms with Gasteiger partial charge in [-0.1, -0.05) is 32.4 Å². The number of halogens is 1. The summed E-state index contributed by atoms with van der Waals surface area (Å²) >= 11 is 6.08. The summed E-state index contributed by atoms with van der Waals surface area (Å²) in [6, 6.07) is 5.04. The first-order chi connectivity index (χ1) is 8.34. The Morgan fingerprint density at radius 3 is 2.50 bits per heavy atom. The van der Waals surface area contributed by atoms with Crippen molar-refractivity contribution >= 4 is 22.5 Å². The molecule has 18 heavy (non-hydrogen) atoms. The number of hydrogen-bond acceptors (Lipinski definition) is 2. The molecule has 1 aromatic heterocycles. The van der Waals surface area contributed by atoms with Crippen LogP contribution in [-0.4, -0.2) is 12.1 Å². The minimum Gasteiger partial charge on any atom is -0.495 e. The normalized spacial score (nSPS) is 11.8. The van der Waals surface area contributed by atoms with Crippen molar-refractivity contribution < 1.29 is 4.74 Å². The fourth-order valence-electron chi connectivity index (χ4n) is 1.87. The van der Waals surface area contributed by atoms with Crippen molar-refractivity contribution in [2.24, 2.45) is 0 Å². The average molecular weight is 266 g/mol. The number of hydrogen-bond donors (Lipinski definition) is 1. The molecule has 0 spiro atoms. The minimum atomic E-state index is -0.138. The van der Waals surface area contributed by atoms with Crippen LogP contribution < -0.4 is 10.2 Å². The van der Waals surface area contributed by atoms with Crippen LogP contribution in [0.4, 0.5) is 0 Å². The number of benzene rings is 1. The van der Waals surface area contributed by atoms with Crippen molar-refractivity contribution in [3.8, 4) is 5.75 Å². The molecule has 0 aliphatic rings. The van der Waals surface area contributed by atoms with E-state index in [9.17, 15) is 4.79 Å². The molecule has 2 rings (SSSR count). The van der Waals surface area contributed by atoms with E-state index in [1.807, 2.05) is 20.8 Å². The maximum Gasteiger partial charge on any atom is 0.191 e. The van der Waals surface area contributed by atoms with Gasteiger partial charge >= 0.3 is 0 Å². The van der Waals surface area contributed by atoms with Gasteiger partial charge in [0.25, 0.3) is 0 Å².